The monoisotopic (exact) mass is 124 g/mol. The van der Waals surface area contributed by atoms with Crippen LogP contribution in [0.4, 0.5) is 0 Å². The molecule has 0 aromatic carbocycles. The first-order valence-corrected chi connectivity index (χ1v) is 3.15. The maximum Gasteiger partial charge on any atom is 0.0109 e. The van der Waals surface area contributed by atoms with Gasteiger partial charge in [0.15, 0.2) is 0 Å². The molecule has 0 spiro atoms. The minimum Gasteiger partial charge on any atom is -0.405 e. The summed E-state index contributed by atoms with van der Waals surface area (Å²) in [5.74, 6) is 0.612. The van der Waals surface area contributed by atoms with E-state index in [0.717, 1.165) is 6.42 Å². The lowest BCUT2D eigenvalue weighted by Crippen LogP contribution is -1.99. The summed E-state index contributed by atoms with van der Waals surface area (Å²) in [6.07, 6.45) is 8.50. The highest BCUT2D eigenvalue weighted by molar-refractivity contribution is 5.10. The summed E-state index contributed by atoms with van der Waals surface area (Å²) in [4.78, 5) is 0. The molecule has 0 aliphatic heterocycles. The second-order valence-corrected chi connectivity index (χ2v) is 2.33. The van der Waals surface area contributed by atoms with Gasteiger partial charge in [0.05, 0.1) is 0 Å². The maximum absolute atomic E-state index is 5.54. The zero-order chi connectivity index (χ0) is 6.69. The number of rotatable bonds is 2. The molecule has 2 heteroatoms. The van der Waals surface area contributed by atoms with Gasteiger partial charge in [-0.1, -0.05) is 12.2 Å². The molecule has 2 unspecified atom stereocenters. The molecular weight excluding hydrogens is 112 g/mol. The lowest BCUT2D eigenvalue weighted by molar-refractivity contribution is 0.976. The summed E-state index contributed by atoms with van der Waals surface area (Å²) >= 11 is 0. The lowest BCUT2D eigenvalue weighted by atomic mass is 10.3. The highest BCUT2D eigenvalue weighted by Gasteiger charge is 2.29. The van der Waals surface area contributed by atoms with Gasteiger partial charge in [-0.2, -0.15) is 0 Å². The van der Waals surface area contributed by atoms with Crippen molar-refractivity contribution < 1.29 is 0 Å². The van der Waals surface area contributed by atoms with E-state index < -0.39 is 0 Å². The fraction of sp³-hybridized carbons (Fsp3) is 0.429. The first-order chi connectivity index (χ1) is 4.34. The molecule has 1 fully saturated rings. The molecule has 0 amide bonds. The van der Waals surface area contributed by atoms with Crippen LogP contribution in [0.5, 0.6) is 0 Å². The van der Waals surface area contributed by atoms with Gasteiger partial charge in [0.25, 0.3) is 0 Å². The lowest BCUT2D eigenvalue weighted by Gasteiger charge is -1.78. The topological polar surface area (TPSA) is 52.0 Å². The SMILES string of the molecule is NC=CC=CC1CC1N. The summed E-state index contributed by atoms with van der Waals surface area (Å²) in [5, 5.41) is 0. The zero-order valence-electron chi connectivity index (χ0n) is 5.33. The van der Waals surface area contributed by atoms with Crippen molar-refractivity contribution in [1.82, 2.24) is 0 Å². The van der Waals surface area contributed by atoms with Crippen LogP contribution in [-0.4, -0.2) is 6.04 Å². The van der Waals surface area contributed by atoms with Crippen LogP contribution < -0.4 is 11.5 Å². The van der Waals surface area contributed by atoms with Crippen LogP contribution in [-0.2, 0) is 0 Å². The van der Waals surface area contributed by atoms with Gasteiger partial charge in [-0.05, 0) is 24.6 Å². The van der Waals surface area contributed by atoms with Crippen LogP contribution in [0.1, 0.15) is 6.42 Å². The van der Waals surface area contributed by atoms with Crippen molar-refractivity contribution >= 4 is 0 Å². The van der Waals surface area contributed by atoms with E-state index in [4.69, 9.17) is 11.5 Å². The molecule has 50 valence electrons. The highest BCUT2D eigenvalue weighted by Crippen LogP contribution is 2.28. The van der Waals surface area contributed by atoms with Crippen molar-refractivity contribution in [2.75, 3.05) is 0 Å². The predicted molar refractivity (Wildman–Crippen MR) is 38.5 cm³/mol. The van der Waals surface area contributed by atoms with Crippen molar-refractivity contribution in [3.8, 4) is 0 Å². The molecule has 0 heterocycles. The zero-order valence-corrected chi connectivity index (χ0v) is 5.33. The molecule has 1 rings (SSSR count). The molecule has 0 aromatic rings. The summed E-state index contributed by atoms with van der Waals surface area (Å²) < 4.78 is 0. The van der Waals surface area contributed by atoms with Gasteiger partial charge in [-0.3, -0.25) is 0 Å². The van der Waals surface area contributed by atoms with Crippen LogP contribution in [0, 0.1) is 5.92 Å². The first kappa shape index (κ1) is 6.36. The third-order valence-electron chi connectivity index (χ3n) is 1.47. The van der Waals surface area contributed by atoms with Crippen molar-refractivity contribution in [3.63, 3.8) is 0 Å². The Hall–Kier alpha value is -0.760. The van der Waals surface area contributed by atoms with Crippen molar-refractivity contribution in [2.45, 2.75) is 12.5 Å². The Kier molecular flexibility index (Phi) is 1.90. The molecule has 0 aromatic heterocycles. The second-order valence-electron chi connectivity index (χ2n) is 2.33. The Morgan fingerprint density at radius 3 is 2.44 bits per heavy atom. The van der Waals surface area contributed by atoms with E-state index in [1.165, 1.54) is 6.20 Å². The Morgan fingerprint density at radius 2 is 2.00 bits per heavy atom. The van der Waals surface area contributed by atoms with E-state index in [1.807, 2.05) is 12.2 Å². The molecule has 2 nitrogen and oxygen atoms in total. The summed E-state index contributed by atoms with van der Waals surface area (Å²) in [6.45, 7) is 0. The molecule has 0 saturated heterocycles. The largest absolute Gasteiger partial charge is 0.405 e. The minimum absolute atomic E-state index is 0.410. The molecule has 1 saturated carbocycles. The van der Waals surface area contributed by atoms with Crippen molar-refractivity contribution in [1.29, 1.82) is 0 Å². The van der Waals surface area contributed by atoms with Crippen LogP contribution in [0.25, 0.3) is 0 Å². The van der Waals surface area contributed by atoms with Crippen LogP contribution >= 0.6 is 0 Å². The highest BCUT2D eigenvalue weighted by atomic mass is 14.7. The van der Waals surface area contributed by atoms with E-state index >= 15 is 0 Å². The quantitative estimate of drug-likeness (QED) is 0.522. The number of hydrogen-bond donors (Lipinski definition) is 2. The van der Waals surface area contributed by atoms with E-state index in [1.54, 1.807) is 0 Å². The van der Waals surface area contributed by atoms with Gasteiger partial charge >= 0.3 is 0 Å². The Labute approximate surface area is 55.2 Å². The molecule has 9 heavy (non-hydrogen) atoms. The molecule has 0 bridgehead atoms. The number of hydrogen-bond acceptors (Lipinski definition) is 2. The average Bonchev–Trinajstić information content (AvgIpc) is 2.48. The smallest absolute Gasteiger partial charge is 0.0109 e. The van der Waals surface area contributed by atoms with E-state index in [9.17, 15) is 0 Å². The third kappa shape index (κ3) is 1.90. The van der Waals surface area contributed by atoms with Gasteiger partial charge in [-0.15, -0.1) is 0 Å². The predicted octanol–water partition coefficient (Wildman–Crippen LogP) is 0.362. The summed E-state index contributed by atoms with van der Waals surface area (Å²) in [6, 6.07) is 0.410. The third-order valence-corrected chi connectivity index (χ3v) is 1.47. The van der Waals surface area contributed by atoms with Crippen molar-refractivity contribution in [3.05, 3.63) is 24.4 Å². The summed E-state index contributed by atoms with van der Waals surface area (Å²) in [7, 11) is 0. The van der Waals surface area contributed by atoms with Crippen LogP contribution in [0.15, 0.2) is 24.4 Å². The first-order valence-electron chi connectivity index (χ1n) is 3.15. The van der Waals surface area contributed by atoms with Gasteiger partial charge in [0, 0.05) is 6.04 Å². The normalized spacial score (nSPS) is 34.3. The molecule has 1 aliphatic carbocycles. The van der Waals surface area contributed by atoms with Gasteiger partial charge in [0.2, 0.25) is 0 Å². The molecule has 2 atom stereocenters. The van der Waals surface area contributed by atoms with Crippen LogP contribution in [0.2, 0.25) is 0 Å². The molecule has 1 aliphatic rings. The molecule has 4 N–H and O–H groups in total. The number of allylic oxidation sites excluding steroid dienone is 2. The summed E-state index contributed by atoms with van der Waals surface area (Å²) in [5.41, 5.74) is 10.6. The maximum atomic E-state index is 5.54. The fourth-order valence-electron chi connectivity index (χ4n) is 0.728. The second kappa shape index (κ2) is 2.69. The van der Waals surface area contributed by atoms with E-state index in [2.05, 4.69) is 6.08 Å². The van der Waals surface area contributed by atoms with Gasteiger partial charge in [0.1, 0.15) is 0 Å². The minimum atomic E-state index is 0.410. The van der Waals surface area contributed by atoms with E-state index in [-0.39, 0.29) is 0 Å². The van der Waals surface area contributed by atoms with E-state index in [0.29, 0.717) is 12.0 Å². The molecule has 0 radical (unpaired) electrons. The Balaban J connectivity index is 2.18. The number of nitrogens with two attached hydrogens (primary N) is 2. The molecular formula is C7H12N2. The van der Waals surface area contributed by atoms with Crippen LogP contribution in [0.3, 0.4) is 0 Å². The van der Waals surface area contributed by atoms with Gasteiger partial charge < -0.3 is 11.5 Å². The van der Waals surface area contributed by atoms with Crippen molar-refractivity contribution in [2.24, 2.45) is 17.4 Å². The standard InChI is InChI=1S/C7H12N2/c8-4-2-1-3-6-5-7(6)9/h1-4,6-7H,5,8-9H2. The average molecular weight is 124 g/mol. The fourth-order valence-corrected chi connectivity index (χ4v) is 0.728. The van der Waals surface area contributed by atoms with Gasteiger partial charge in [-0.25, -0.2) is 0 Å². The Bertz CT molecular complexity index is 138. The Morgan fingerprint density at radius 1 is 1.33 bits per heavy atom.